The van der Waals surface area contributed by atoms with E-state index in [-0.39, 0.29) is 18.0 Å². The van der Waals surface area contributed by atoms with Crippen molar-refractivity contribution in [3.05, 3.63) is 66.0 Å². The lowest BCUT2D eigenvalue weighted by Crippen LogP contribution is -2.55. The van der Waals surface area contributed by atoms with Gasteiger partial charge in [-0.2, -0.15) is 20.0 Å². The molecule has 32 heavy (non-hydrogen) atoms. The Balaban J connectivity index is 1.43. The summed E-state index contributed by atoms with van der Waals surface area (Å²) < 4.78 is 5.98. The summed E-state index contributed by atoms with van der Waals surface area (Å²) in [7, 11) is 1.99. The van der Waals surface area contributed by atoms with Crippen LogP contribution in [0.25, 0.3) is 16.8 Å². The number of rotatable bonds is 4. The van der Waals surface area contributed by atoms with Crippen LogP contribution in [-0.4, -0.2) is 56.5 Å². The predicted octanol–water partition coefficient (Wildman–Crippen LogP) is 3.85. The van der Waals surface area contributed by atoms with Crippen molar-refractivity contribution in [3.63, 3.8) is 0 Å². The molecule has 0 radical (unpaired) electrons. The molecule has 8 nitrogen and oxygen atoms in total. The van der Waals surface area contributed by atoms with Crippen LogP contribution >= 0.6 is 0 Å². The zero-order chi connectivity index (χ0) is 22.2. The largest absolute Gasteiger partial charge is 0.423 e. The number of benzene rings is 2. The summed E-state index contributed by atoms with van der Waals surface area (Å²) in [5.74, 6) is -0.0135. The number of hydrogen-bond donors (Lipinski definition) is 0. The molecule has 0 spiro atoms. The number of carbonyl (C=O) groups is 1. The average Bonchev–Trinajstić information content (AvgIpc) is 3.48. The Kier molecular flexibility index (Phi) is 5.13. The maximum absolute atomic E-state index is 13.7. The number of carbonyl (C=O) groups excluding carboxylic acids is 1. The van der Waals surface area contributed by atoms with Gasteiger partial charge in [-0.3, -0.25) is 4.79 Å². The van der Waals surface area contributed by atoms with Gasteiger partial charge in [-0.1, -0.05) is 18.2 Å². The number of piperidine rings is 1. The van der Waals surface area contributed by atoms with Crippen LogP contribution in [0.1, 0.15) is 35.7 Å². The number of amides is 1. The van der Waals surface area contributed by atoms with Gasteiger partial charge in [0.2, 0.25) is 0 Å². The van der Waals surface area contributed by atoms with Gasteiger partial charge in [0.25, 0.3) is 11.9 Å². The number of hydrogen-bond acceptors (Lipinski definition) is 6. The Morgan fingerprint density at radius 3 is 2.72 bits per heavy atom. The molecule has 0 bridgehead atoms. The highest BCUT2D eigenvalue weighted by Gasteiger charge is 2.36. The minimum atomic E-state index is -0.0176. The zero-order valence-electron chi connectivity index (χ0n) is 18.5. The molecule has 1 aliphatic heterocycles. The number of anilines is 1. The molecule has 2 aromatic heterocycles. The van der Waals surface area contributed by atoms with Gasteiger partial charge in [0.05, 0.1) is 29.7 Å². The van der Waals surface area contributed by atoms with Crippen molar-refractivity contribution in [1.29, 1.82) is 0 Å². The minimum Gasteiger partial charge on any atom is -0.423 e. The molecular formula is C24H26N6O2. The molecule has 1 amide bonds. The highest BCUT2D eigenvalue weighted by molar-refractivity contribution is 5.98. The summed E-state index contributed by atoms with van der Waals surface area (Å²) in [6.07, 6.45) is 5.10. The summed E-state index contributed by atoms with van der Waals surface area (Å²) in [6.45, 7) is 4.80. The summed E-state index contributed by atoms with van der Waals surface area (Å²) in [4.78, 5) is 23.9. The number of oxazole rings is 1. The third kappa shape index (κ3) is 3.51. The molecule has 2 aromatic carbocycles. The second-order valence-electron chi connectivity index (χ2n) is 8.36. The fourth-order valence-electron chi connectivity index (χ4n) is 4.56. The summed E-state index contributed by atoms with van der Waals surface area (Å²) in [5.41, 5.74) is 3.95. The number of likely N-dealkylation sites (N-methyl/N-ethyl adjacent to an activating group) is 1. The first-order chi connectivity index (χ1) is 15.5. The molecule has 5 rings (SSSR count). The Morgan fingerprint density at radius 1 is 1.16 bits per heavy atom. The summed E-state index contributed by atoms with van der Waals surface area (Å²) in [5, 5.41) is 8.49. The fraction of sp³-hybridized carbons (Fsp3) is 0.333. The molecule has 0 aliphatic carbocycles. The fourth-order valence-corrected chi connectivity index (χ4v) is 4.56. The molecule has 0 N–H and O–H groups in total. The normalized spacial score (nSPS) is 18.8. The van der Waals surface area contributed by atoms with Gasteiger partial charge in [-0.05, 0) is 56.5 Å². The number of fused-ring (bicyclic) bond motifs is 1. The Morgan fingerprint density at radius 2 is 1.94 bits per heavy atom. The first kappa shape index (κ1) is 20.2. The highest BCUT2D eigenvalue weighted by atomic mass is 16.4. The summed E-state index contributed by atoms with van der Waals surface area (Å²) in [6, 6.07) is 14.2. The lowest BCUT2D eigenvalue weighted by Gasteiger charge is -2.43. The molecular weight excluding hydrogens is 404 g/mol. The van der Waals surface area contributed by atoms with E-state index in [1.54, 1.807) is 12.4 Å². The van der Waals surface area contributed by atoms with Gasteiger partial charge in [0.15, 0.2) is 5.58 Å². The van der Waals surface area contributed by atoms with Gasteiger partial charge in [0.1, 0.15) is 5.52 Å². The van der Waals surface area contributed by atoms with Crippen LogP contribution in [0, 0.1) is 6.92 Å². The molecule has 8 heteroatoms. The molecule has 164 valence electrons. The van der Waals surface area contributed by atoms with E-state index in [2.05, 4.69) is 27.0 Å². The molecule has 4 aromatic rings. The first-order valence-electron chi connectivity index (χ1n) is 10.9. The van der Waals surface area contributed by atoms with Crippen LogP contribution in [-0.2, 0) is 0 Å². The SMILES string of the molecule is Cc1ccc(C(=O)N2CCC[C@@H](N(C)c3nc4ccccc4o3)[C@@H]2C)c(-n2nccn2)c1. The number of aromatic nitrogens is 4. The number of nitrogens with zero attached hydrogens (tertiary/aromatic N) is 6. The predicted molar refractivity (Wildman–Crippen MR) is 122 cm³/mol. The molecule has 1 fully saturated rings. The lowest BCUT2D eigenvalue weighted by molar-refractivity contribution is 0.0599. The monoisotopic (exact) mass is 430 g/mol. The standard InChI is InChI=1S/C24H26N6O2/c1-16-10-11-18(21(15-16)30-25-12-13-26-30)23(31)29-14-6-8-20(17(29)2)28(3)24-27-19-7-4-5-9-22(19)32-24/h4-5,7,9-13,15,17,20H,6,8,14H2,1-3H3/t17-,20+/m0/s1. The van der Waals surface area contributed by atoms with Crippen molar-refractivity contribution >= 4 is 23.0 Å². The van der Waals surface area contributed by atoms with Crippen molar-refractivity contribution in [2.45, 2.75) is 38.8 Å². The average molecular weight is 431 g/mol. The summed E-state index contributed by atoms with van der Waals surface area (Å²) >= 11 is 0. The van der Waals surface area contributed by atoms with Crippen LogP contribution in [0.15, 0.2) is 59.3 Å². The van der Waals surface area contributed by atoms with Crippen LogP contribution < -0.4 is 4.90 Å². The Labute approximate surface area is 186 Å². The Hall–Kier alpha value is -3.68. The molecule has 3 heterocycles. The third-order valence-corrected chi connectivity index (χ3v) is 6.31. The van der Waals surface area contributed by atoms with Crippen molar-refractivity contribution in [2.24, 2.45) is 0 Å². The lowest BCUT2D eigenvalue weighted by atomic mass is 9.95. The van der Waals surface area contributed by atoms with Crippen LogP contribution in [0.5, 0.6) is 0 Å². The number of aryl methyl sites for hydroxylation is 1. The topological polar surface area (TPSA) is 80.3 Å². The molecule has 1 aliphatic rings. The molecule has 1 saturated heterocycles. The molecule has 0 unspecified atom stereocenters. The van der Waals surface area contributed by atoms with Gasteiger partial charge < -0.3 is 14.2 Å². The van der Waals surface area contributed by atoms with Crippen molar-refractivity contribution in [3.8, 4) is 5.69 Å². The quantitative estimate of drug-likeness (QED) is 0.489. The van der Waals surface area contributed by atoms with Gasteiger partial charge in [0, 0.05) is 19.6 Å². The number of likely N-dealkylation sites (tertiary alicyclic amines) is 1. The van der Waals surface area contributed by atoms with Crippen molar-refractivity contribution in [2.75, 3.05) is 18.5 Å². The van der Waals surface area contributed by atoms with Gasteiger partial charge in [-0.15, -0.1) is 0 Å². The zero-order valence-corrected chi connectivity index (χ0v) is 18.5. The third-order valence-electron chi connectivity index (χ3n) is 6.31. The van der Waals surface area contributed by atoms with Gasteiger partial charge >= 0.3 is 0 Å². The number of para-hydroxylation sites is 2. The van der Waals surface area contributed by atoms with E-state index >= 15 is 0 Å². The van der Waals surface area contributed by atoms with Crippen LogP contribution in [0.2, 0.25) is 0 Å². The van der Waals surface area contributed by atoms with Gasteiger partial charge in [-0.25, -0.2) is 0 Å². The van der Waals surface area contributed by atoms with Crippen LogP contribution in [0.4, 0.5) is 6.01 Å². The van der Waals surface area contributed by atoms with Crippen LogP contribution in [0.3, 0.4) is 0 Å². The molecule has 0 saturated carbocycles. The van der Waals surface area contributed by atoms with E-state index in [1.807, 2.05) is 61.3 Å². The van der Waals surface area contributed by atoms with Crippen molar-refractivity contribution < 1.29 is 9.21 Å². The molecule has 2 atom stereocenters. The highest BCUT2D eigenvalue weighted by Crippen LogP contribution is 2.29. The van der Waals surface area contributed by atoms with E-state index in [4.69, 9.17) is 4.42 Å². The van der Waals surface area contributed by atoms with E-state index in [0.29, 0.717) is 23.8 Å². The maximum atomic E-state index is 13.7. The van der Waals surface area contributed by atoms with E-state index in [0.717, 1.165) is 29.5 Å². The maximum Gasteiger partial charge on any atom is 0.298 e. The second kappa shape index (κ2) is 8.11. The minimum absolute atomic E-state index is 0.0135. The van der Waals surface area contributed by atoms with E-state index in [9.17, 15) is 4.79 Å². The van der Waals surface area contributed by atoms with E-state index in [1.165, 1.54) is 4.80 Å². The Bertz CT molecular complexity index is 1220. The second-order valence-corrected chi connectivity index (χ2v) is 8.36. The first-order valence-corrected chi connectivity index (χ1v) is 10.9. The van der Waals surface area contributed by atoms with E-state index < -0.39 is 0 Å². The smallest absolute Gasteiger partial charge is 0.298 e. The van der Waals surface area contributed by atoms with Crippen molar-refractivity contribution in [1.82, 2.24) is 24.9 Å².